The normalized spacial score (nSPS) is 9.55. The van der Waals surface area contributed by atoms with Crippen LogP contribution < -0.4 is 9.47 Å². The molecule has 0 fully saturated rings. The number of ether oxygens (including phenoxy) is 2. The molecular weight excluding hydrogens is 731 g/mol. The second kappa shape index (κ2) is 20.8. The lowest BCUT2D eigenvalue weighted by Crippen LogP contribution is -1.86. The van der Waals surface area contributed by atoms with Crippen molar-refractivity contribution in [1.29, 1.82) is 0 Å². The first-order chi connectivity index (χ1) is 23.7. The average Bonchev–Trinajstić information content (AvgIpc) is 3.66. The standard InChI is InChI=1S/C14H12O2.C13H8Cl2O2.C7H5BrO.C5H4O2/c1-11-5-7-13(8-6-11)16-14-4-2-3-12(9-14)10-15;14-12-5-4-11(7-13(12)15)17-10-3-1-2-9(6-10)8-16;8-7-3-1-2-6(4-7)5-9;6-3-5-1-2-7-4-5/h2-10H,1H3;1-8H;1-5H;1-4H. The van der Waals surface area contributed by atoms with Crippen molar-refractivity contribution < 1.29 is 33.1 Å². The van der Waals surface area contributed by atoms with Crippen LogP contribution in [0.3, 0.4) is 0 Å². The molecule has 0 amide bonds. The molecule has 0 aliphatic heterocycles. The van der Waals surface area contributed by atoms with E-state index in [1.165, 1.54) is 18.1 Å². The maximum atomic E-state index is 10.6. The van der Waals surface area contributed by atoms with Crippen LogP contribution in [0.4, 0.5) is 0 Å². The molecule has 0 aliphatic carbocycles. The minimum absolute atomic E-state index is 0.427. The molecule has 1 heterocycles. The Labute approximate surface area is 302 Å². The molecule has 5 aromatic carbocycles. The molecule has 1 aromatic heterocycles. The number of furan rings is 1. The van der Waals surface area contributed by atoms with Gasteiger partial charge in [-0.1, -0.05) is 93.2 Å². The first kappa shape index (κ1) is 38.2. The highest BCUT2D eigenvalue weighted by Gasteiger charge is 2.03. The molecule has 0 unspecified atom stereocenters. The van der Waals surface area contributed by atoms with Gasteiger partial charge in [0.05, 0.1) is 21.9 Å². The van der Waals surface area contributed by atoms with Gasteiger partial charge in [0, 0.05) is 27.2 Å². The van der Waals surface area contributed by atoms with E-state index in [2.05, 4.69) is 20.3 Å². The van der Waals surface area contributed by atoms with Gasteiger partial charge in [-0.15, -0.1) is 0 Å². The molecule has 6 rings (SSSR count). The van der Waals surface area contributed by atoms with Crippen LogP contribution in [0.1, 0.15) is 47.0 Å². The van der Waals surface area contributed by atoms with Crippen LogP contribution in [0.15, 0.2) is 143 Å². The number of benzene rings is 5. The van der Waals surface area contributed by atoms with Crippen LogP contribution in [0.25, 0.3) is 0 Å². The van der Waals surface area contributed by atoms with Crippen molar-refractivity contribution in [3.8, 4) is 23.0 Å². The predicted molar refractivity (Wildman–Crippen MR) is 195 cm³/mol. The molecule has 49 heavy (non-hydrogen) atoms. The molecule has 0 atom stereocenters. The lowest BCUT2D eigenvalue weighted by molar-refractivity contribution is 0.111. The zero-order chi connectivity index (χ0) is 35.4. The molecule has 0 radical (unpaired) electrons. The Morgan fingerprint density at radius 1 is 0.531 bits per heavy atom. The highest BCUT2D eigenvalue weighted by Crippen LogP contribution is 2.29. The minimum Gasteiger partial charge on any atom is -0.472 e. The van der Waals surface area contributed by atoms with Crippen molar-refractivity contribution in [2.24, 2.45) is 0 Å². The predicted octanol–water partition coefficient (Wildman–Crippen LogP) is 11.6. The van der Waals surface area contributed by atoms with Crippen molar-refractivity contribution in [2.75, 3.05) is 0 Å². The van der Waals surface area contributed by atoms with E-state index >= 15 is 0 Å². The van der Waals surface area contributed by atoms with Gasteiger partial charge >= 0.3 is 0 Å². The SMILES string of the molecule is Cc1ccc(Oc2cccc(C=O)c2)cc1.O=Cc1cccc(Br)c1.O=Cc1cccc(Oc2ccc(Cl)c(Cl)c2)c1.O=Cc1ccoc1. The third kappa shape index (κ3) is 14.2. The summed E-state index contributed by atoms with van der Waals surface area (Å²) >= 11 is 14.9. The van der Waals surface area contributed by atoms with Gasteiger partial charge in [0.1, 0.15) is 48.1 Å². The third-order valence-corrected chi connectivity index (χ3v) is 7.27. The molecule has 10 heteroatoms. The first-order valence-electron chi connectivity index (χ1n) is 14.4. The fourth-order valence-electron chi connectivity index (χ4n) is 3.64. The summed E-state index contributed by atoms with van der Waals surface area (Å²) in [6.07, 6.45) is 5.99. The van der Waals surface area contributed by atoms with E-state index in [0.29, 0.717) is 49.5 Å². The zero-order valence-corrected chi connectivity index (χ0v) is 29.1. The molecule has 0 aliphatic rings. The van der Waals surface area contributed by atoms with E-state index < -0.39 is 0 Å². The van der Waals surface area contributed by atoms with Gasteiger partial charge < -0.3 is 13.9 Å². The van der Waals surface area contributed by atoms with E-state index in [9.17, 15) is 19.2 Å². The van der Waals surface area contributed by atoms with Gasteiger partial charge in [-0.2, -0.15) is 0 Å². The highest BCUT2D eigenvalue weighted by atomic mass is 79.9. The maximum Gasteiger partial charge on any atom is 0.153 e. The van der Waals surface area contributed by atoms with E-state index in [-0.39, 0.29) is 0 Å². The van der Waals surface area contributed by atoms with Crippen LogP contribution in [0, 0.1) is 6.92 Å². The largest absolute Gasteiger partial charge is 0.472 e. The molecule has 0 saturated carbocycles. The summed E-state index contributed by atoms with van der Waals surface area (Å²) < 4.78 is 16.7. The molecule has 0 spiro atoms. The molecular formula is C39H29BrCl2O7. The lowest BCUT2D eigenvalue weighted by atomic mass is 10.2. The summed E-state index contributed by atoms with van der Waals surface area (Å²) in [6, 6.07) is 35.6. The van der Waals surface area contributed by atoms with Crippen LogP contribution in [-0.2, 0) is 0 Å². The Morgan fingerprint density at radius 2 is 1.02 bits per heavy atom. The van der Waals surface area contributed by atoms with Crippen LogP contribution in [0.5, 0.6) is 23.0 Å². The van der Waals surface area contributed by atoms with Gasteiger partial charge in [0.2, 0.25) is 0 Å². The second-order valence-corrected chi connectivity index (χ2v) is 11.6. The molecule has 7 nitrogen and oxygen atoms in total. The first-order valence-corrected chi connectivity index (χ1v) is 15.9. The molecule has 0 N–H and O–H groups in total. The van der Waals surface area contributed by atoms with Gasteiger partial charge in [-0.3, -0.25) is 19.2 Å². The Bertz CT molecular complexity index is 1940. The summed E-state index contributed by atoms with van der Waals surface area (Å²) in [5.74, 6) is 2.59. The maximum absolute atomic E-state index is 10.6. The monoisotopic (exact) mass is 758 g/mol. The van der Waals surface area contributed by atoms with Crippen molar-refractivity contribution in [1.82, 2.24) is 0 Å². The van der Waals surface area contributed by atoms with E-state index in [1.807, 2.05) is 49.4 Å². The van der Waals surface area contributed by atoms with Gasteiger partial charge in [-0.25, -0.2) is 0 Å². The van der Waals surface area contributed by atoms with Gasteiger partial charge in [0.25, 0.3) is 0 Å². The fourth-order valence-corrected chi connectivity index (χ4v) is 4.35. The van der Waals surface area contributed by atoms with E-state index in [0.717, 1.165) is 35.4 Å². The number of hydrogen-bond donors (Lipinski definition) is 0. The van der Waals surface area contributed by atoms with E-state index in [4.69, 9.17) is 32.7 Å². The molecule has 248 valence electrons. The number of halogens is 3. The Balaban J connectivity index is 0.000000187. The number of carbonyl (C=O) groups is 4. The summed E-state index contributed by atoms with van der Waals surface area (Å²) in [7, 11) is 0. The second-order valence-electron chi connectivity index (χ2n) is 9.82. The van der Waals surface area contributed by atoms with Crippen LogP contribution in [0.2, 0.25) is 10.0 Å². The highest BCUT2D eigenvalue weighted by molar-refractivity contribution is 9.10. The summed E-state index contributed by atoms with van der Waals surface area (Å²) in [4.78, 5) is 41.2. The molecule has 6 aromatic rings. The lowest BCUT2D eigenvalue weighted by Gasteiger charge is -2.06. The summed E-state index contributed by atoms with van der Waals surface area (Å²) in [5, 5.41) is 0.899. The van der Waals surface area contributed by atoms with Crippen molar-refractivity contribution in [3.63, 3.8) is 0 Å². The fraction of sp³-hybridized carbons (Fsp3) is 0.0256. The Morgan fingerprint density at radius 3 is 1.47 bits per heavy atom. The smallest absolute Gasteiger partial charge is 0.153 e. The Hall–Kier alpha value is -5.28. The number of aldehydes is 4. The molecule has 0 saturated heterocycles. The Kier molecular flexibility index (Phi) is 16.2. The quantitative estimate of drug-likeness (QED) is 0.142. The van der Waals surface area contributed by atoms with Crippen molar-refractivity contribution in [2.45, 2.75) is 6.92 Å². The number of aryl methyl sites for hydroxylation is 1. The van der Waals surface area contributed by atoms with Crippen molar-refractivity contribution in [3.05, 3.63) is 176 Å². The number of hydrogen-bond acceptors (Lipinski definition) is 7. The topological polar surface area (TPSA) is 99.9 Å². The molecule has 0 bridgehead atoms. The van der Waals surface area contributed by atoms with Gasteiger partial charge in [0.15, 0.2) is 6.29 Å². The summed E-state index contributed by atoms with van der Waals surface area (Å²) in [5.41, 5.74) is 3.64. The van der Waals surface area contributed by atoms with Crippen LogP contribution >= 0.6 is 39.1 Å². The average molecular weight is 760 g/mol. The number of carbonyl (C=O) groups excluding carboxylic acids is 4. The van der Waals surface area contributed by atoms with Crippen molar-refractivity contribution >= 4 is 64.3 Å². The van der Waals surface area contributed by atoms with E-state index in [1.54, 1.807) is 78.9 Å². The minimum atomic E-state index is 0.427. The van der Waals surface area contributed by atoms with Crippen LogP contribution in [-0.4, -0.2) is 25.1 Å². The summed E-state index contributed by atoms with van der Waals surface area (Å²) in [6.45, 7) is 2.02. The van der Waals surface area contributed by atoms with Gasteiger partial charge in [-0.05, 0) is 73.7 Å². The third-order valence-electron chi connectivity index (χ3n) is 6.04. The number of rotatable bonds is 8. The zero-order valence-electron chi connectivity index (χ0n) is 26.0.